The van der Waals surface area contributed by atoms with E-state index in [1.165, 1.54) is 0 Å². The molecule has 104 valence electrons. The number of para-hydroxylation sites is 1. The first-order valence-electron chi connectivity index (χ1n) is 6.66. The Labute approximate surface area is 119 Å². The minimum Gasteiger partial charge on any atom is -0.508 e. The van der Waals surface area contributed by atoms with Crippen molar-refractivity contribution >= 4 is 5.91 Å². The molecule has 2 N–H and O–H groups in total. The molecular formula is C17H19NO2. The molecule has 0 fully saturated rings. The van der Waals surface area contributed by atoms with Gasteiger partial charge in [0.05, 0.1) is 6.42 Å². The second kappa shape index (κ2) is 6.24. The van der Waals surface area contributed by atoms with Crippen molar-refractivity contribution in [3.05, 3.63) is 64.7 Å². The number of amides is 1. The highest BCUT2D eigenvalue weighted by Crippen LogP contribution is 2.15. The van der Waals surface area contributed by atoms with Gasteiger partial charge in [-0.25, -0.2) is 0 Å². The summed E-state index contributed by atoms with van der Waals surface area (Å²) in [5, 5.41) is 12.5. The number of aryl methyl sites for hydroxylation is 2. The molecule has 0 unspecified atom stereocenters. The molecular weight excluding hydrogens is 250 g/mol. The maximum atomic E-state index is 12.0. The topological polar surface area (TPSA) is 49.3 Å². The summed E-state index contributed by atoms with van der Waals surface area (Å²) < 4.78 is 0. The van der Waals surface area contributed by atoms with Gasteiger partial charge in [-0.1, -0.05) is 42.0 Å². The van der Waals surface area contributed by atoms with Gasteiger partial charge in [-0.15, -0.1) is 0 Å². The lowest BCUT2D eigenvalue weighted by Crippen LogP contribution is -2.24. The SMILES string of the molecule is Cc1ccc(C)c(CC(=O)NCc2ccccc2O)c1. The second-order valence-corrected chi connectivity index (χ2v) is 5.01. The first-order chi connectivity index (χ1) is 9.56. The summed E-state index contributed by atoms with van der Waals surface area (Å²) in [5.74, 6) is 0.168. The Balaban J connectivity index is 1.96. The maximum absolute atomic E-state index is 12.0. The van der Waals surface area contributed by atoms with Gasteiger partial charge in [0, 0.05) is 12.1 Å². The minimum atomic E-state index is -0.0399. The Bertz CT molecular complexity index is 620. The van der Waals surface area contributed by atoms with Crippen molar-refractivity contribution in [3.63, 3.8) is 0 Å². The van der Waals surface area contributed by atoms with Crippen LogP contribution in [0.25, 0.3) is 0 Å². The number of phenols is 1. The molecule has 0 heterocycles. The van der Waals surface area contributed by atoms with E-state index in [4.69, 9.17) is 0 Å². The van der Waals surface area contributed by atoms with Crippen LogP contribution in [0.2, 0.25) is 0 Å². The summed E-state index contributed by atoms with van der Waals surface area (Å²) in [6.07, 6.45) is 0.362. The van der Waals surface area contributed by atoms with E-state index in [2.05, 4.69) is 5.32 Å². The standard InChI is InChI=1S/C17H19NO2/c1-12-7-8-13(2)15(9-12)10-17(20)18-11-14-5-3-4-6-16(14)19/h3-9,19H,10-11H2,1-2H3,(H,18,20). The van der Waals surface area contributed by atoms with Gasteiger partial charge >= 0.3 is 0 Å². The lowest BCUT2D eigenvalue weighted by Gasteiger charge is -2.09. The number of hydrogen-bond donors (Lipinski definition) is 2. The second-order valence-electron chi connectivity index (χ2n) is 5.01. The minimum absolute atomic E-state index is 0.0399. The Morgan fingerprint density at radius 1 is 1.10 bits per heavy atom. The molecule has 2 aromatic carbocycles. The van der Waals surface area contributed by atoms with Crippen LogP contribution >= 0.6 is 0 Å². The van der Waals surface area contributed by atoms with Crippen LogP contribution in [0.15, 0.2) is 42.5 Å². The molecule has 0 radical (unpaired) electrons. The number of aromatic hydroxyl groups is 1. The van der Waals surface area contributed by atoms with Crippen LogP contribution in [-0.4, -0.2) is 11.0 Å². The van der Waals surface area contributed by atoms with Crippen molar-refractivity contribution in [1.29, 1.82) is 0 Å². The van der Waals surface area contributed by atoms with E-state index in [0.29, 0.717) is 13.0 Å². The molecule has 2 aromatic rings. The fourth-order valence-electron chi connectivity index (χ4n) is 2.08. The van der Waals surface area contributed by atoms with Crippen LogP contribution in [0, 0.1) is 13.8 Å². The van der Waals surface area contributed by atoms with Crippen molar-refractivity contribution in [3.8, 4) is 5.75 Å². The zero-order valence-electron chi connectivity index (χ0n) is 11.8. The average Bonchev–Trinajstić information content (AvgIpc) is 2.42. The molecule has 20 heavy (non-hydrogen) atoms. The van der Waals surface area contributed by atoms with E-state index in [1.807, 2.05) is 38.1 Å². The highest BCUT2D eigenvalue weighted by molar-refractivity contribution is 5.79. The summed E-state index contributed by atoms with van der Waals surface area (Å²) in [6, 6.07) is 13.1. The molecule has 0 aliphatic rings. The predicted molar refractivity (Wildman–Crippen MR) is 79.6 cm³/mol. The van der Waals surface area contributed by atoms with Crippen LogP contribution < -0.4 is 5.32 Å². The third-order valence-electron chi connectivity index (χ3n) is 3.32. The number of carbonyl (C=O) groups is 1. The summed E-state index contributed by atoms with van der Waals surface area (Å²) in [7, 11) is 0. The quantitative estimate of drug-likeness (QED) is 0.896. The third kappa shape index (κ3) is 3.60. The van der Waals surface area contributed by atoms with Crippen molar-refractivity contribution < 1.29 is 9.90 Å². The summed E-state index contributed by atoms with van der Waals surface area (Å²) >= 11 is 0. The van der Waals surface area contributed by atoms with Gasteiger partial charge in [0.2, 0.25) is 5.91 Å². The zero-order valence-corrected chi connectivity index (χ0v) is 11.8. The van der Waals surface area contributed by atoms with E-state index in [-0.39, 0.29) is 11.7 Å². The van der Waals surface area contributed by atoms with Gasteiger partial charge < -0.3 is 10.4 Å². The lowest BCUT2D eigenvalue weighted by atomic mass is 10.0. The van der Waals surface area contributed by atoms with Crippen LogP contribution in [-0.2, 0) is 17.8 Å². The fourth-order valence-corrected chi connectivity index (χ4v) is 2.08. The fraction of sp³-hybridized carbons (Fsp3) is 0.235. The number of carbonyl (C=O) groups excluding carboxylic acids is 1. The summed E-state index contributed by atoms with van der Waals surface area (Å²) in [5.41, 5.74) is 4.04. The third-order valence-corrected chi connectivity index (χ3v) is 3.32. The number of phenolic OH excluding ortho intramolecular Hbond substituents is 1. The van der Waals surface area contributed by atoms with Crippen molar-refractivity contribution in [1.82, 2.24) is 5.32 Å². The van der Waals surface area contributed by atoms with Gasteiger partial charge in [-0.3, -0.25) is 4.79 Å². The van der Waals surface area contributed by atoms with Gasteiger partial charge in [-0.05, 0) is 31.0 Å². The highest BCUT2D eigenvalue weighted by Gasteiger charge is 2.07. The molecule has 2 rings (SSSR count). The largest absolute Gasteiger partial charge is 0.508 e. The van der Waals surface area contributed by atoms with Gasteiger partial charge in [0.25, 0.3) is 0 Å². The number of benzene rings is 2. The monoisotopic (exact) mass is 269 g/mol. The van der Waals surface area contributed by atoms with Crippen LogP contribution in [0.4, 0.5) is 0 Å². The summed E-state index contributed by atoms with van der Waals surface area (Å²) in [6.45, 7) is 4.37. The first kappa shape index (κ1) is 14.1. The van der Waals surface area contributed by atoms with Gasteiger partial charge in [-0.2, -0.15) is 0 Å². The Kier molecular flexibility index (Phi) is 4.41. The molecule has 0 spiro atoms. The van der Waals surface area contributed by atoms with Gasteiger partial charge in [0.1, 0.15) is 5.75 Å². The molecule has 0 atom stereocenters. The molecule has 0 aliphatic carbocycles. The Morgan fingerprint density at radius 2 is 1.85 bits per heavy atom. The van der Waals surface area contributed by atoms with E-state index < -0.39 is 0 Å². The normalized spacial score (nSPS) is 10.3. The van der Waals surface area contributed by atoms with Crippen LogP contribution in [0.5, 0.6) is 5.75 Å². The molecule has 0 aromatic heterocycles. The zero-order chi connectivity index (χ0) is 14.5. The van der Waals surface area contributed by atoms with Gasteiger partial charge in [0.15, 0.2) is 0 Å². The summed E-state index contributed by atoms with van der Waals surface area (Å²) in [4.78, 5) is 12.0. The number of rotatable bonds is 4. The van der Waals surface area contributed by atoms with E-state index in [9.17, 15) is 9.90 Å². The van der Waals surface area contributed by atoms with Crippen molar-refractivity contribution in [2.24, 2.45) is 0 Å². The molecule has 0 aliphatic heterocycles. The molecule has 3 nitrogen and oxygen atoms in total. The maximum Gasteiger partial charge on any atom is 0.224 e. The van der Waals surface area contributed by atoms with E-state index in [1.54, 1.807) is 18.2 Å². The van der Waals surface area contributed by atoms with E-state index in [0.717, 1.165) is 22.3 Å². The Morgan fingerprint density at radius 3 is 2.60 bits per heavy atom. The lowest BCUT2D eigenvalue weighted by molar-refractivity contribution is -0.120. The molecule has 0 saturated heterocycles. The van der Waals surface area contributed by atoms with Crippen LogP contribution in [0.3, 0.4) is 0 Å². The first-order valence-corrected chi connectivity index (χ1v) is 6.66. The number of nitrogens with one attached hydrogen (secondary N) is 1. The van der Waals surface area contributed by atoms with Crippen molar-refractivity contribution in [2.45, 2.75) is 26.8 Å². The molecule has 0 saturated carbocycles. The smallest absolute Gasteiger partial charge is 0.224 e. The van der Waals surface area contributed by atoms with E-state index >= 15 is 0 Å². The van der Waals surface area contributed by atoms with Crippen LogP contribution in [0.1, 0.15) is 22.3 Å². The Hall–Kier alpha value is -2.29. The highest BCUT2D eigenvalue weighted by atomic mass is 16.3. The molecule has 0 bridgehead atoms. The average molecular weight is 269 g/mol. The van der Waals surface area contributed by atoms with Crippen molar-refractivity contribution in [2.75, 3.05) is 0 Å². The molecule has 3 heteroatoms. The predicted octanol–water partition coefficient (Wildman–Crippen LogP) is 2.87. The molecule has 1 amide bonds. The number of hydrogen-bond acceptors (Lipinski definition) is 2.